The first-order valence-corrected chi connectivity index (χ1v) is 5.88. The van der Waals surface area contributed by atoms with E-state index in [1.807, 2.05) is 0 Å². The van der Waals surface area contributed by atoms with Crippen molar-refractivity contribution in [2.75, 3.05) is 5.32 Å². The van der Waals surface area contributed by atoms with Crippen LogP contribution in [0.1, 0.15) is 0 Å². The molecule has 2 aromatic rings. The van der Waals surface area contributed by atoms with Gasteiger partial charge in [-0.15, -0.1) is 0 Å². The van der Waals surface area contributed by atoms with E-state index in [-0.39, 0.29) is 5.69 Å². The Bertz CT molecular complexity index is 792. The lowest BCUT2D eigenvalue weighted by Gasteiger charge is -2.10. The molecule has 0 spiro atoms. The van der Waals surface area contributed by atoms with E-state index in [2.05, 4.69) is 5.32 Å². The molecule has 1 aromatic carbocycles. The van der Waals surface area contributed by atoms with Gasteiger partial charge in [0.15, 0.2) is 5.69 Å². The minimum Gasteiger partial charge on any atom is -0.345 e. The highest BCUT2D eigenvalue weighted by Gasteiger charge is 2.23. The summed E-state index contributed by atoms with van der Waals surface area (Å²) in [5, 5.41) is 13.2. The molecule has 1 N–H and O–H groups in total. The Kier molecular flexibility index (Phi) is 3.75. The maximum absolute atomic E-state index is 14.0. The van der Waals surface area contributed by atoms with Crippen molar-refractivity contribution in [2.45, 2.75) is 0 Å². The highest BCUT2D eigenvalue weighted by atomic mass is 19.1. The molecule has 1 aromatic heterocycles. The van der Waals surface area contributed by atoms with Crippen molar-refractivity contribution < 1.29 is 13.7 Å². The lowest BCUT2D eigenvalue weighted by molar-refractivity contribution is -0.384. The van der Waals surface area contributed by atoms with Gasteiger partial charge in [-0.1, -0.05) is 11.5 Å². The Morgan fingerprint density at radius 1 is 1.38 bits per heavy atom. The van der Waals surface area contributed by atoms with Gasteiger partial charge < -0.3 is 9.88 Å². The van der Waals surface area contributed by atoms with Crippen LogP contribution >= 0.6 is 0 Å². The summed E-state index contributed by atoms with van der Waals surface area (Å²) in [7, 11) is 2.85. The first kappa shape index (κ1) is 14.7. The average molecular weight is 293 g/mol. The smallest absolute Gasteiger partial charge is 0.312 e. The summed E-state index contributed by atoms with van der Waals surface area (Å²) in [5.74, 6) is -2.05. The van der Waals surface area contributed by atoms with Crippen LogP contribution in [-0.2, 0) is 7.05 Å². The van der Waals surface area contributed by atoms with Gasteiger partial charge in [0.25, 0.3) is 5.56 Å². The predicted octanol–water partition coefficient (Wildman–Crippen LogP) is 0.574. The lowest BCUT2D eigenvalue weighted by Crippen LogP contribution is -2.22. The molecule has 0 bridgehead atoms. The van der Waals surface area contributed by atoms with Gasteiger partial charge in [-0.2, -0.15) is 4.39 Å². The summed E-state index contributed by atoms with van der Waals surface area (Å²) in [6.07, 6.45) is 0.875. The number of aromatic nitrogens is 1. The Morgan fingerprint density at radius 3 is 2.62 bits per heavy atom. The largest absolute Gasteiger partial charge is 0.345 e. The van der Waals surface area contributed by atoms with Crippen LogP contribution in [0.2, 0.25) is 0 Å². The second kappa shape index (κ2) is 5.35. The van der Waals surface area contributed by atoms with Gasteiger partial charge in [0.2, 0.25) is 5.82 Å². The number of nitro groups is 1. The number of benzene rings is 1. The zero-order chi connectivity index (χ0) is 15.7. The van der Waals surface area contributed by atoms with E-state index < -0.39 is 33.5 Å². The third kappa shape index (κ3) is 2.76. The Balaban J connectivity index is 2.60. The topological polar surface area (TPSA) is 77.2 Å². The van der Waals surface area contributed by atoms with Crippen molar-refractivity contribution >= 4 is 30.4 Å². The molecule has 0 aliphatic heterocycles. The lowest BCUT2D eigenvalue weighted by atomic mass is 9.96. The maximum atomic E-state index is 14.0. The van der Waals surface area contributed by atoms with Crippen LogP contribution < -0.4 is 16.3 Å². The molecular formula is C12H10BF2N3O3. The summed E-state index contributed by atoms with van der Waals surface area (Å²) < 4.78 is 28.5. The third-order valence-corrected chi connectivity index (χ3v) is 2.88. The number of aryl methyl sites for hydroxylation is 1. The number of pyridine rings is 1. The first-order valence-electron chi connectivity index (χ1n) is 5.88. The van der Waals surface area contributed by atoms with E-state index in [1.165, 1.54) is 19.2 Å². The zero-order valence-corrected chi connectivity index (χ0v) is 11.2. The van der Waals surface area contributed by atoms with E-state index in [0.717, 1.165) is 10.8 Å². The van der Waals surface area contributed by atoms with Crippen LogP contribution in [0.4, 0.5) is 25.8 Å². The molecule has 2 rings (SSSR count). The van der Waals surface area contributed by atoms with Gasteiger partial charge in [0, 0.05) is 7.05 Å². The summed E-state index contributed by atoms with van der Waals surface area (Å²) in [6.45, 7) is 0. The molecule has 9 heteroatoms. The summed E-state index contributed by atoms with van der Waals surface area (Å²) in [4.78, 5) is 21.6. The van der Waals surface area contributed by atoms with E-state index in [4.69, 9.17) is 0 Å². The number of hydrogen-bond donors (Lipinski definition) is 1. The van der Waals surface area contributed by atoms with E-state index in [0.29, 0.717) is 5.46 Å². The second-order valence-electron chi connectivity index (χ2n) is 4.48. The van der Waals surface area contributed by atoms with Crippen LogP contribution in [-0.4, -0.2) is 17.3 Å². The SMILES string of the molecule is Bc1ccc(Nc2c([N+](=O)[O-])cn(C)c(=O)c2F)c(F)c1. The Labute approximate surface area is 118 Å². The molecule has 0 radical (unpaired) electrons. The van der Waals surface area contributed by atoms with Crippen LogP contribution in [0.25, 0.3) is 0 Å². The molecule has 108 valence electrons. The van der Waals surface area contributed by atoms with E-state index in [1.54, 1.807) is 13.9 Å². The first-order chi connectivity index (χ1) is 9.81. The molecule has 0 fully saturated rings. The molecule has 1 heterocycles. The monoisotopic (exact) mass is 293 g/mol. The minimum atomic E-state index is -1.34. The Hall–Kier alpha value is -2.71. The molecule has 0 aliphatic carbocycles. The van der Waals surface area contributed by atoms with Gasteiger partial charge in [-0.25, -0.2) is 4.39 Å². The van der Waals surface area contributed by atoms with Crippen LogP contribution in [0.5, 0.6) is 0 Å². The summed E-state index contributed by atoms with van der Waals surface area (Å²) in [5.41, 5.74) is -1.89. The normalized spacial score (nSPS) is 10.4. The number of halogens is 2. The fourth-order valence-corrected chi connectivity index (χ4v) is 1.79. The number of anilines is 2. The molecule has 6 nitrogen and oxygen atoms in total. The van der Waals surface area contributed by atoms with Gasteiger partial charge in [-0.3, -0.25) is 14.9 Å². The summed E-state index contributed by atoms with van der Waals surface area (Å²) in [6, 6.07) is 4.05. The van der Waals surface area contributed by atoms with Gasteiger partial charge >= 0.3 is 5.69 Å². The number of rotatable bonds is 3. The highest BCUT2D eigenvalue weighted by molar-refractivity contribution is 6.32. The third-order valence-electron chi connectivity index (χ3n) is 2.88. The molecule has 21 heavy (non-hydrogen) atoms. The van der Waals surface area contributed by atoms with E-state index in [9.17, 15) is 23.7 Å². The van der Waals surface area contributed by atoms with Gasteiger partial charge in [0.1, 0.15) is 13.7 Å². The van der Waals surface area contributed by atoms with Crippen LogP contribution in [0.3, 0.4) is 0 Å². The van der Waals surface area contributed by atoms with Crippen molar-refractivity contribution in [3.63, 3.8) is 0 Å². The van der Waals surface area contributed by atoms with Gasteiger partial charge in [-0.05, 0) is 12.1 Å². The van der Waals surface area contributed by atoms with E-state index >= 15 is 0 Å². The molecule has 0 aliphatic rings. The van der Waals surface area contributed by atoms with Crippen LogP contribution in [0.15, 0.2) is 29.2 Å². The number of hydrogen-bond acceptors (Lipinski definition) is 4. The van der Waals surface area contributed by atoms with Crippen molar-refractivity contribution in [3.05, 3.63) is 56.5 Å². The van der Waals surface area contributed by atoms with Crippen molar-refractivity contribution in [1.29, 1.82) is 0 Å². The minimum absolute atomic E-state index is 0.157. The zero-order valence-electron chi connectivity index (χ0n) is 11.2. The van der Waals surface area contributed by atoms with Crippen molar-refractivity contribution in [2.24, 2.45) is 7.05 Å². The molecule has 0 saturated heterocycles. The average Bonchev–Trinajstić information content (AvgIpc) is 2.41. The Morgan fingerprint density at radius 2 is 2.05 bits per heavy atom. The summed E-state index contributed by atoms with van der Waals surface area (Å²) >= 11 is 0. The number of nitrogens with zero attached hydrogens (tertiary/aromatic N) is 2. The highest BCUT2D eigenvalue weighted by Crippen LogP contribution is 2.28. The van der Waals surface area contributed by atoms with Crippen LogP contribution in [0, 0.1) is 21.7 Å². The predicted molar refractivity (Wildman–Crippen MR) is 76.2 cm³/mol. The standard InChI is InChI=1S/C12H10BF2N3O3/c1-17-5-9(18(20)21)11(10(15)12(17)19)16-8-3-2-6(13)4-7(8)14/h2-5,16H,13H2,1H3. The quantitative estimate of drug-likeness (QED) is 0.510. The molecule has 0 unspecified atom stereocenters. The molecular weight excluding hydrogens is 283 g/mol. The van der Waals surface area contributed by atoms with Gasteiger partial charge in [0.05, 0.1) is 16.8 Å². The fourth-order valence-electron chi connectivity index (χ4n) is 1.79. The number of nitrogens with one attached hydrogen (secondary N) is 1. The van der Waals surface area contributed by atoms with Crippen molar-refractivity contribution in [1.82, 2.24) is 4.57 Å². The maximum Gasteiger partial charge on any atom is 0.312 e. The molecule has 0 atom stereocenters. The van der Waals surface area contributed by atoms with Crippen molar-refractivity contribution in [3.8, 4) is 0 Å². The fraction of sp³-hybridized carbons (Fsp3) is 0.0833. The molecule has 0 amide bonds. The molecule has 0 saturated carbocycles. The second-order valence-corrected chi connectivity index (χ2v) is 4.48.